The molecule has 1 aromatic rings. The van der Waals surface area contributed by atoms with Crippen LogP contribution in [0.15, 0.2) is 12.5 Å². The van der Waals surface area contributed by atoms with Crippen LogP contribution in [-0.2, 0) is 9.53 Å². The van der Waals surface area contributed by atoms with Crippen molar-refractivity contribution in [1.29, 1.82) is 0 Å². The van der Waals surface area contributed by atoms with Crippen LogP contribution in [0.1, 0.15) is 51.1 Å². The molecule has 4 heteroatoms. The topological polar surface area (TPSA) is 55.0 Å². The molecule has 0 radical (unpaired) electrons. The van der Waals surface area contributed by atoms with Crippen LogP contribution in [0, 0.1) is 5.41 Å². The van der Waals surface area contributed by atoms with Gasteiger partial charge in [-0.25, -0.2) is 4.98 Å². The van der Waals surface area contributed by atoms with Crippen molar-refractivity contribution in [3.63, 3.8) is 0 Å². The first-order valence-corrected chi connectivity index (χ1v) is 6.31. The predicted octanol–water partition coefficient (Wildman–Crippen LogP) is 2.64. The van der Waals surface area contributed by atoms with Crippen molar-refractivity contribution < 1.29 is 9.53 Å². The molecular weight excluding hydrogens is 216 g/mol. The fraction of sp³-hybridized carbons (Fsp3) is 0.692. The Morgan fingerprint density at radius 3 is 2.82 bits per heavy atom. The highest BCUT2D eigenvalue weighted by molar-refractivity contribution is 5.76. The zero-order valence-electron chi connectivity index (χ0n) is 10.5. The monoisotopic (exact) mass is 236 g/mol. The molecule has 0 amide bonds. The Labute approximate surface area is 102 Å². The zero-order chi connectivity index (χ0) is 12.3. The minimum atomic E-state index is -0.285. The summed E-state index contributed by atoms with van der Waals surface area (Å²) in [6.45, 7) is 4.35. The number of imidazole rings is 1. The lowest BCUT2D eigenvalue weighted by Crippen LogP contribution is -2.33. The third-order valence-electron chi connectivity index (χ3n) is 3.82. The van der Waals surface area contributed by atoms with Crippen molar-refractivity contribution >= 4 is 5.97 Å². The maximum atomic E-state index is 11.9. The molecule has 0 saturated heterocycles. The molecule has 1 aliphatic rings. The van der Waals surface area contributed by atoms with E-state index in [4.69, 9.17) is 4.74 Å². The molecule has 4 nitrogen and oxygen atoms in total. The Morgan fingerprint density at radius 2 is 2.29 bits per heavy atom. The van der Waals surface area contributed by atoms with Crippen LogP contribution in [0.2, 0.25) is 0 Å². The molecule has 0 aromatic carbocycles. The quantitative estimate of drug-likeness (QED) is 0.821. The third-order valence-corrected chi connectivity index (χ3v) is 3.82. The number of carbonyl (C=O) groups is 1. The summed E-state index contributed by atoms with van der Waals surface area (Å²) in [5.74, 6) is 0.475. The van der Waals surface area contributed by atoms with Crippen LogP contribution in [0.25, 0.3) is 0 Å². The smallest absolute Gasteiger partial charge is 0.311 e. The van der Waals surface area contributed by atoms with Gasteiger partial charge in [-0.2, -0.15) is 0 Å². The minimum Gasteiger partial charge on any atom is -0.466 e. The van der Waals surface area contributed by atoms with E-state index in [0.29, 0.717) is 12.5 Å². The van der Waals surface area contributed by atoms with Crippen LogP contribution in [0.4, 0.5) is 0 Å². The number of hydrogen-bond acceptors (Lipinski definition) is 3. The fourth-order valence-corrected chi connectivity index (χ4v) is 2.57. The lowest BCUT2D eigenvalue weighted by atomic mass is 9.71. The summed E-state index contributed by atoms with van der Waals surface area (Å²) < 4.78 is 5.15. The number of hydrogen-bond donors (Lipinski definition) is 1. The second kappa shape index (κ2) is 4.90. The zero-order valence-corrected chi connectivity index (χ0v) is 10.5. The molecule has 1 aromatic heterocycles. The van der Waals surface area contributed by atoms with E-state index in [1.165, 1.54) is 5.69 Å². The van der Waals surface area contributed by atoms with Crippen molar-refractivity contribution in [2.45, 2.75) is 45.4 Å². The number of esters is 1. The van der Waals surface area contributed by atoms with Gasteiger partial charge >= 0.3 is 5.97 Å². The largest absolute Gasteiger partial charge is 0.466 e. The highest BCUT2D eigenvalue weighted by Crippen LogP contribution is 2.42. The van der Waals surface area contributed by atoms with Crippen molar-refractivity contribution in [3.8, 4) is 0 Å². The number of aromatic nitrogens is 2. The average molecular weight is 236 g/mol. The summed E-state index contributed by atoms with van der Waals surface area (Å²) in [7, 11) is 0. The fourth-order valence-electron chi connectivity index (χ4n) is 2.57. The normalized spacial score (nSPS) is 28.9. The van der Waals surface area contributed by atoms with Gasteiger partial charge in [0.05, 0.1) is 18.3 Å². The number of ether oxygens (including phenoxy) is 1. The van der Waals surface area contributed by atoms with Gasteiger partial charge in [-0.05, 0) is 39.5 Å². The first-order valence-electron chi connectivity index (χ1n) is 6.31. The van der Waals surface area contributed by atoms with Gasteiger partial charge in [-0.3, -0.25) is 4.79 Å². The van der Waals surface area contributed by atoms with Gasteiger partial charge in [-0.15, -0.1) is 0 Å². The summed E-state index contributed by atoms with van der Waals surface area (Å²) in [5, 5.41) is 0. The second-order valence-electron chi connectivity index (χ2n) is 5.06. The van der Waals surface area contributed by atoms with Crippen LogP contribution >= 0.6 is 0 Å². The SMILES string of the molecule is CCOC(=O)C1(C)CCC(c2cnc[nH]2)CC1. The van der Waals surface area contributed by atoms with Gasteiger partial charge in [0.2, 0.25) is 0 Å². The molecule has 1 heterocycles. The summed E-state index contributed by atoms with van der Waals surface area (Å²) in [6.07, 6.45) is 7.45. The Hall–Kier alpha value is -1.32. The Bertz CT molecular complexity index is 365. The average Bonchev–Trinajstić information content (AvgIpc) is 2.84. The molecule has 1 fully saturated rings. The Kier molecular flexibility index (Phi) is 3.50. The summed E-state index contributed by atoms with van der Waals surface area (Å²) >= 11 is 0. The Balaban J connectivity index is 1.95. The predicted molar refractivity (Wildman–Crippen MR) is 64.5 cm³/mol. The Morgan fingerprint density at radius 1 is 1.59 bits per heavy atom. The summed E-state index contributed by atoms with van der Waals surface area (Å²) in [4.78, 5) is 19.1. The van der Waals surface area contributed by atoms with E-state index in [1.54, 1.807) is 6.33 Å². The molecule has 0 aliphatic heterocycles. The maximum Gasteiger partial charge on any atom is 0.311 e. The van der Waals surface area contributed by atoms with Gasteiger partial charge in [0.1, 0.15) is 0 Å². The van der Waals surface area contributed by atoms with Crippen molar-refractivity contribution in [2.24, 2.45) is 5.41 Å². The van der Waals surface area contributed by atoms with E-state index >= 15 is 0 Å². The van der Waals surface area contributed by atoms with Gasteiger partial charge in [0.15, 0.2) is 0 Å². The van der Waals surface area contributed by atoms with Crippen molar-refractivity contribution in [3.05, 3.63) is 18.2 Å². The van der Waals surface area contributed by atoms with Crippen molar-refractivity contribution in [1.82, 2.24) is 9.97 Å². The van der Waals surface area contributed by atoms with Crippen LogP contribution in [0.5, 0.6) is 0 Å². The van der Waals surface area contributed by atoms with Gasteiger partial charge < -0.3 is 9.72 Å². The van der Waals surface area contributed by atoms with Crippen molar-refractivity contribution in [2.75, 3.05) is 6.61 Å². The summed E-state index contributed by atoms with van der Waals surface area (Å²) in [5.41, 5.74) is 0.905. The van der Waals surface area contributed by atoms with E-state index in [0.717, 1.165) is 25.7 Å². The first kappa shape index (κ1) is 12.1. The number of nitrogens with one attached hydrogen (secondary N) is 1. The molecule has 1 N–H and O–H groups in total. The maximum absolute atomic E-state index is 11.9. The molecule has 94 valence electrons. The summed E-state index contributed by atoms with van der Waals surface area (Å²) in [6, 6.07) is 0. The third kappa shape index (κ3) is 2.51. The molecule has 0 bridgehead atoms. The van der Waals surface area contributed by atoms with Crippen LogP contribution in [0.3, 0.4) is 0 Å². The molecule has 1 aliphatic carbocycles. The van der Waals surface area contributed by atoms with Gasteiger partial charge in [0, 0.05) is 17.8 Å². The standard InChI is InChI=1S/C13H20N2O2/c1-3-17-12(16)13(2)6-4-10(5-7-13)11-8-14-9-15-11/h8-10H,3-7H2,1-2H3,(H,14,15). The molecule has 0 unspecified atom stereocenters. The van der Waals surface area contributed by atoms with E-state index < -0.39 is 0 Å². The van der Waals surface area contributed by atoms with E-state index in [1.807, 2.05) is 20.0 Å². The number of aromatic amines is 1. The van der Waals surface area contributed by atoms with E-state index in [2.05, 4.69) is 9.97 Å². The van der Waals surface area contributed by atoms with Crippen LogP contribution < -0.4 is 0 Å². The van der Waals surface area contributed by atoms with E-state index in [-0.39, 0.29) is 11.4 Å². The molecule has 17 heavy (non-hydrogen) atoms. The first-order chi connectivity index (χ1) is 8.15. The number of rotatable bonds is 3. The highest BCUT2D eigenvalue weighted by Gasteiger charge is 2.39. The number of H-pyrrole nitrogens is 1. The van der Waals surface area contributed by atoms with Gasteiger partial charge in [-0.1, -0.05) is 0 Å². The molecule has 1 saturated carbocycles. The van der Waals surface area contributed by atoms with Crippen LogP contribution in [-0.4, -0.2) is 22.5 Å². The number of carbonyl (C=O) groups excluding carboxylic acids is 1. The lowest BCUT2D eigenvalue weighted by molar-refractivity contribution is -0.156. The molecule has 0 atom stereocenters. The molecular formula is C13H20N2O2. The second-order valence-corrected chi connectivity index (χ2v) is 5.06. The minimum absolute atomic E-state index is 0.0388. The van der Waals surface area contributed by atoms with Gasteiger partial charge in [0.25, 0.3) is 0 Å². The highest BCUT2D eigenvalue weighted by atomic mass is 16.5. The van der Waals surface area contributed by atoms with E-state index in [9.17, 15) is 4.79 Å². The molecule has 0 spiro atoms. The lowest BCUT2D eigenvalue weighted by Gasteiger charge is -2.34. The molecule has 2 rings (SSSR count). The number of nitrogens with zero attached hydrogens (tertiary/aromatic N) is 1.